The molecule has 0 bridgehead atoms. The number of methoxy groups -OCH3 is 1. The first kappa shape index (κ1) is 12.4. The van der Waals surface area contributed by atoms with Gasteiger partial charge in [-0.3, -0.25) is 4.79 Å². The smallest absolute Gasteiger partial charge is 0.310 e. The highest BCUT2D eigenvalue weighted by molar-refractivity contribution is 5.72. The third-order valence-electron chi connectivity index (χ3n) is 4.32. The van der Waals surface area contributed by atoms with Crippen molar-refractivity contribution in [1.29, 1.82) is 0 Å². The number of hydrogen-bond donors (Lipinski definition) is 1. The highest BCUT2D eigenvalue weighted by Crippen LogP contribution is 2.32. The number of carbonyl (C=O) groups excluding carboxylic acids is 1. The molecule has 3 rings (SSSR count). The molecule has 1 heterocycles. The van der Waals surface area contributed by atoms with E-state index in [1.165, 1.54) is 39.3 Å². The predicted molar refractivity (Wildman–Crippen MR) is 69.2 cm³/mol. The van der Waals surface area contributed by atoms with Gasteiger partial charge in [-0.05, 0) is 38.0 Å². The summed E-state index contributed by atoms with van der Waals surface area (Å²) >= 11 is 0. The second-order valence-corrected chi connectivity index (χ2v) is 6.26. The number of rotatable bonds is 5. The van der Waals surface area contributed by atoms with Crippen LogP contribution in [0.3, 0.4) is 0 Å². The van der Waals surface area contributed by atoms with Crippen LogP contribution in [0.15, 0.2) is 0 Å². The Hall–Kier alpha value is -0.610. The van der Waals surface area contributed by atoms with Crippen molar-refractivity contribution in [3.05, 3.63) is 0 Å². The van der Waals surface area contributed by atoms with E-state index in [4.69, 9.17) is 4.74 Å². The van der Waals surface area contributed by atoms with Gasteiger partial charge in [0.2, 0.25) is 0 Å². The van der Waals surface area contributed by atoms with Crippen molar-refractivity contribution in [1.82, 2.24) is 10.2 Å². The Morgan fingerprint density at radius 3 is 2.61 bits per heavy atom. The standard InChI is InChI=1S/C14H24N2O2/c1-18-14(17)11-6-13(15-12-4-5-12)9-16(8-11)7-10-2-3-10/h10-13,15H,2-9H2,1H3. The van der Waals surface area contributed by atoms with Crippen LogP contribution in [-0.2, 0) is 9.53 Å². The van der Waals surface area contributed by atoms with E-state index in [0.717, 1.165) is 25.4 Å². The van der Waals surface area contributed by atoms with Gasteiger partial charge in [-0.2, -0.15) is 0 Å². The van der Waals surface area contributed by atoms with Crippen molar-refractivity contribution in [2.75, 3.05) is 26.7 Å². The third-order valence-corrected chi connectivity index (χ3v) is 4.32. The van der Waals surface area contributed by atoms with Crippen molar-refractivity contribution in [2.24, 2.45) is 11.8 Å². The fourth-order valence-electron chi connectivity index (χ4n) is 3.05. The molecule has 2 aliphatic carbocycles. The first-order chi connectivity index (χ1) is 8.74. The van der Waals surface area contributed by atoms with Crippen LogP contribution >= 0.6 is 0 Å². The molecule has 4 nitrogen and oxygen atoms in total. The molecule has 0 radical (unpaired) electrons. The van der Waals surface area contributed by atoms with Gasteiger partial charge in [-0.25, -0.2) is 0 Å². The second kappa shape index (κ2) is 5.17. The van der Waals surface area contributed by atoms with E-state index >= 15 is 0 Å². The van der Waals surface area contributed by atoms with Gasteiger partial charge in [0.05, 0.1) is 13.0 Å². The summed E-state index contributed by atoms with van der Waals surface area (Å²) in [6, 6.07) is 1.20. The molecule has 2 unspecified atom stereocenters. The summed E-state index contributed by atoms with van der Waals surface area (Å²) in [6.45, 7) is 3.18. The van der Waals surface area contributed by atoms with E-state index in [1.54, 1.807) is 0 Å². The summed E-state index contributed by atoms with van der Waals surface area (Å²) in [5.41, 5.74) is 0. The Kier molecular flexibility index (Phi) is 3.57. The number of piperidine rings is 1. The van der Waals surface area contributed by atoms with Crippen molar-refractivity contribution in [3.8, 4) is 0 Å². The van der Waals surface area contributed by atoms with Crippen molar-refractivity contribution in [3.63, 3.8) is 0 Å². The van der Waals surface area contributed by atoms with Gasteiger partial charge in [0.1, 0.15) is 0 Å². The molecule has 0 spiro atoms. The van der Waals surface area contributed by atoms with Crippen molar-refractivity contribution < 1.29 is 9.53 Å². The molecule has 1 aliphatic heterocycles. The molecule has 0 aromatic heterocycles. The number of ether oxygens (including phenoxy) is 1. The maximum atomic E-state index is 11.8. The number of esters is 1. The minimum absolute atomic E-state index is 0.0295. The van der Waals surface area contributed by atoms with Crippen LogP contribution < -0.4 is 5.32 Å². The Bertz CT molecular complexity index is 291. The van der Waals surface area contributed by atoms with E-state index in [1.807, 2.05) is 0 Å². The normalized spacial score (nSPS) is 33.4. The van der Waals surface area contributed by atoms with Crippen LogP contribution in [0.2, 0.25) is 0 Å². The lowest BCUT2D eigenvalue weighted by molar-refractivity contribution is -0.147. The maximum absolute atomic E-state index is 11.8. The van der Waals surface area contributed by atoms with Crippen LogP contribution in [0.25, 0.3) is 0 Å². The third kappa shape index (κ3) is 3.23. The van der Waals surface area contributed by atoms with Crippen LogP contribution in [0.1, 0.15) is 32.1 Å². The van der Waals surface area contributed by atoms with Crippen LogP contribution in [0.4, 0.5) is 0 Å². The minimum atomic E-state index is -0.0295. The lowest BCUT2D eigenvalue weighted by Gasteiger charge is -2.37. The molecule has 2 saturated carbocycles. The largest absolute Gasteiger partial charge is 0.469 e. The monoisotopic (exact) mass is 252 g/mol. The summed E-state index contributed by atoms with van der Waals surface area (Å²) in [6.07, 6.45) is 6.31. The van der Waals surface area contributed by atoms with Gasteiger partial charge in [0.25, 0.3) is 0 Å². The molecular weight excluding hydrogens is 228 g/mol. The summed E-state index contributed by atoms with van der Waals surface area (Å²) in [7, 11) is 1.51. The summed E-state index contributed by atoms with van der Waals surface area (Å²) in [4.78, 5) is 14.3. The highest BCUT2D eigenvalue weighted by atomic mass is 16.5. The molecule has 3 fully saturated rings. The summed E-state index contributed by atoms with van der Waals surface area (Å²) < 4.78 is 4.93. The molecule has 1 saturated heterocycles. The predicted octanol–water partition coefficient (Wildman–Crippen LogP) is 1.01. The topological polar surface area (TPSA) is 41.6 Å². The van der Waals surface area contributed by atoms with Crippen LogP contribution in [0.5, 0.6) is 0 Å². The average Bonchev–Trinajstić information content (AvgIpc) is 3.24. The Labute approximate surface area is 109 Å². The zero-order valence-corrected chi connectivity index (χ0v) is 11.2. The Morgan fingerprint density at radius 1 is 1.22 bits per heavy atom. The molecule has 0 aromatic carbocycles. The Morgan fingerprint density at radius 2 is 2.00 bits per heavy atom. The van der Waals surface area contributed by atoms with E-state index in [9.17, 15) is 4.79 Å². The highest BCUT2D eigenvalue weighted by Gasteiger charge is 2.36. The van der Waals surface area contributed by atoms with Gasteiger partial charge in [-0.1, -0.05) is 0 Å². The molecule has 102 valence electrons. The Balaban J connectivity index is 1.57. The van der Waals surface area contributed by atoms with Gasteiger partial charge in [0, 0.05) is 31.7 Å². The molecule has 3 aliphatic rings. The molecule has 1 N–H and O–H groups in total. The molecule has 0 amide bonds. The average molecular weight is 252 g/mol. The minimum Gasteiger partial charge on any atom is -0.469 e. The van der Waals surface area contributed by atoms with Gasteiger partial charge < -0.3 is 15.0 Å². The van der Waals surface area contributed by atoms with E-state index in [-0.39, 0.29) is 11.9 Å². The number of nitrogens with one attached hydrogen (secondary N) is 1. The zero-order valence-electron chi connectivity index (χ0n) is 11.2. The molecule has 18 heavy (non-hydrogen) atoms. The fraction of sp³-hybridized carbons (Fsp3) is 0.929. The maximum Gasteiger partial charge on any atom is 0.310 e. The van der Waals surface area contributed by atoms with Crippen molar-refractivity contribution in [2.45, 2.75) is 44.2 Å². The summed E-state index contributed by atoms with van der Waals surface area (Å²) in [5.74, 6) is 0.930. The first-order valence-corrected chi connectivity index (χ1v) is 7.31. The van der Waals surface area contributed by atoms with Crippen molar-refractivity contribution >= 4 is 5.97 Å². The van der Waals surface area contributed by atoms with E-state index in [2.05, 4.69) is 10.2 Å². The molecule has 2 atom stereocenters. The van der Waals surface area contributed by atoms with Gasteiger partial charge >= 0.3 is 5.97 Å². The van der Waals surface area contributed by atoms with E-state index in [0.29, 0.717) is 12.1 Å². The van der Waals surface area contributed by atoms with E-state index < -0.39 is 0 Å². The molecular formula is C14H24N2O2. The first-order valence-electron chi connectivity index (χ1n) is 7.31. The SMILES string of the molecule is COC(=O)C1CC(NC2CC2)CN(CC2CC2)C1. The quantitative estimate of drug-likeness (QED) is 0.742. The lowest BCUT2D eigenvalue weighted by atomic mass is 9.94. The van der Waals surface area contributed by atoms with Crippen LogP contribution in [0, 0.1) is 11.8 Å². The number of hydrogen-bond acceptors (Lipinski definition) is 4. The fourth-order valence-corrected chi connectivity index (χ4v) is 3.05. The number of likely N-dealkylation sites (tertiary alicyclic amines) is 1. The molecule has 0 aromatic rings. The van der Waals surface area contributed by atoms with Gasteiger partial charge in [-0.15, -0.1) is 0 Å². The second-order valence-electron chi connectivity index (χ2n) is 6.26. The molecule has 4 heteroatoms. The zero-order chi connectivity index (χ0) is 12.5. The van der Waals surface area contributed by atoms with Crippen LogP contribution in [-0.4, -0.2) is 49.7 Å². The summed E-state index contributed by atoms with van der Waals surface area (Å²) in [5, 5.41) is 3.68. The number of carbonyl (C=O) groups is 1. The lowest BCUT2D eigenvalue weighted by Crippen LogP contribution is -2.52. The number of nitrogens with zero attached hydrogens (tertiary/aromatic N) is 1. The van der Waals surface area contributed by atoms with Gasteiger partial charge in [0.15, 0.2) is 0 Å².